The molecule has 2 aliphatic heterocycles. The molecular formula is C17H20ClN3O2. The molecule has 122 valence electrons. The van der Waals surface area contributed by atoms with E-state index in [1.54, 1.807) is 0 Å². The van der Waals surface area contributed by atoms with Crippen molar-refractivity contribution in [3.05, 3.63) is 40.9 Å². The van der Waals surface area contributed by atoms with Gasteiger partial charge in [0.15, 0.2) is 11.5 Å². The lowest BCUT2D eigenvalue weighted by Crippen LogP contribution is -2.34. The van der Waals surface area contributed by atoms with E-state index in [2.05, 4.69) is 21.5 Å². The second-order valence-electron chi connectivity index (χ2n) is 6.27. The minimum absolute atomic E-state index is 0.278. The number of hydrogen-bond donors (Lipinski definition) is 0. The van der Waals surface area contributed by atoms with E-state index in [1.165, 1.54) is 18.7 Å². The predicted octanol–water partition coefficient (Wildman–Crippen LogP) is 3.18. The third kappa shape index (κ3) is 2.91. The Hall–Kier alpha value is -1.72. The highest BCUT2D eigenvalue weighted by atomic mass is 35.5. The average molecular weight is 334 g/mol. The fourth-order valence-electron chi connectivity index (χ4n) is 3.50. The second-order valence-corrected chi connectivity index (χ2v) is 6.67. The van der Waals surface area contributed by atoms with Gasteiger partial charge in [-0.25, -0.2) is 4.98 Å². The molecule has 0 radical (unpaired) electrons. The Kier molecular flexibility index (Phi) is 3.91. The van der Waals surface area contributed by atoms with Crippen LogP contribution in [0.25, 0.3) is 0 Å². The molecule has 23 heavy (non-hydrogen) atoms. The molecule has 1 unspecified atom stereocenters. The van der Waals surface area contributed by atoms with Gasteiger partial charge in [-0.1, -0.05) is 11.6 Å². The summed E-state index contributed by atoms with van der Waals surface area (Å²) < 4.78 is 13.0. The van der Waals surface area contributed by atoms with Crippen LogP contribution in [0, 0.1) is 0 Å². The van der Waals surface area contributed by atoms with Crippen LogP contribution in [0.4, 0.5) is 0 Å². The van der Waals surface area contributed by atoms with Crippen LogP contribution >= 0.6 is 11.6 Å². The highest BCUT2D eigenvalue weighted by Gasteiger charge is 2.25. The molecule has 0 bridgehead atoms. The average Bonchev–Trinajstić information content (AvgIpc) is 3.16. The molecule has 0 amide bonds. The zero-order chi connectivity index (χ0) is 15.8. The zero-order valence-corrected chi connectivity index (χ0v) is 13.9. The number of halogens is 1. The molecule has 1 saturated heterocycles. The molecule has 0 spiro atoms. The lowest BCUT2D eigenvalue weighted by atomic mass is 9.96. The van der Waals surface area contributed by atoms with E-state index in [9.17, 15) is 0 Å². The van der Waals surface area contributed by atoms with Crippen molar-refractivity contribution in [3.8, 4) is 11.5 Å². The largest absolute Gasteiger partial charge is 0.454 e. The van der Waals surface area contributed by atoms with Crippen molar-refractivity contribution in [1.29, 1.82) is 0 Å². The molecule has 1 atom stereocenters. The molecule has 1 aromatic carbocycles. The first-order chi connectivity index (χ1) is 11.2. The number of rotatable bonds is 3. The molecule has 3 heterocycles. The van der Waals surface area contributed by atoms with Crippen LogP contribution in [-0.2, 0) is 13.6 Å². The van der Waals surface area contributed by atoms with E-state index < -0.39 is 0 Å². The minimum Gasteiger partial charge on any atom is -0.454 e. The fraction of sp³-hybridized carbons (Fsp3) is 0.471. The Morgan fingerprint density at radius 3 is 2.91 bits per heavy atom. The highest BCUT2D eigenvalue weighted by molar-refractivity contribution is 6.31. The molecule has 0 saturated carbocycles. The topological polar surface area (TPSA) is 39.5 Å². The normalized spacial score (nSPS) is 20.9. The molecule has 5 nitrogen and oxygen atoms in total. The van der Waals surface area contributed by atoms with Crippen LogP contribution in [0.1, 0.15) is 30.1 Å². The third-order valence-electron chi connectivity index (χ3n) is 4.66. The van der Waals surface area contributed by atoms with Gasteiger partial charge < -0.3 is 14.0 Å². The second kappa shape index (κ2) is 6.06. The van der Waals surface area contributed by atoms with Crippen LogP contribution in [-0.4, -0.2) is 34.3 Å². The summed E-state index contributed by atoms with van der Waals surface area (Å²) in [5.74, 6) is 3.19. The van der Waals surface area contributed by atoms with Gasteiger partial charge in [-0.2, -0.15) is 0 Å². The van der Waals surface area contributed by atoms with Crippen LogP contribution in [0.5, 0.6) is 11.5 Å². The van der Waals surface area contributed by atoms with Gasteiger partial charge >= 0.3 is 0 Å². The number of aryl methyl sites for hydroxylation is 1. The number of likely N-dealkylation sites (tertiary alicyclic amines) is 1. The van der Waals surface area contributed by atoms with Crippen molar-refractivity contribution in [2.24, 2.45) is 7.05 Å². The maximum Gasteiger partial charge on any atom is 0.231 e. The first kappa shape index (κ1) is 14.8. The smallest absolute Gasteiger partial charge is 0.231 e. The summed E-state index contributed by atoms with van der Waals surface area (Å²) in [6.45, 7) is 3.21. The zero-order valence-electron chi connectivity index (χ0n) is 13.2. The number of fused-ring (bicyclic) bond motifs is 1. The van der Waals surface area contributed by atoms with Crippen LogP contribution in [0.3, 0.4) is 0 Å². The summed E-state index contributed by atoms with van der Waals surface area (Å²) in [5, 5.41) is 0.744. The number of aromatic nitrogens is 2. The first-order valence-electron chi connectivity index (χ1n) is 7.98. The minimum atomic E-state index is 0.278. The quantitative estimate of drug-likeness (QED) is 0.865. The maximum absolute atomic E-state index is 6.41. The van der Waals surface area contributed by atoms with Crippen molar-refractivity contribution in [2.75, 3.05) is 19.9 Å². The van der Waals surface area contributed by atoms with Gasteiger partial charge in [-0.15, -0.1) is 0 Å². The molecule has 1 fully saturated rings. The lowest BCUT2D eigenvalue weighted by Gasteiger charge is -2.32. The van der Waals surface area contributed by atoms with Crippen LogP contribution < -0.4 is 9.47 Å². The van der Waals surface area contributed by atoms with E-state index in [0.717, 1.165) is 41.7 Å². The molecule has 0 aliphatic carbocycles. The molecule has 1 aromatic heterocycles. The first-order valence-corrected chi connectivity index (χ1v) is 8.36. The molecule has 4 rings (SSSR count). The summed E-state index contributed by atoms with van der Waals surface area (Å²) in [7, 11) is 2.07. The number of benzene rings is 1. The van der Waals surface area contributed by atoms with E-state index in [1.807, 2.05) is 24.5 Å². The maximum atomic E-state index is 6.41. The van der Waals surface area contributed by atoms with Gasteiger partial charge in [0.25, 0.3) is 0 Å². The van der Waals surface area contributed by atoms with Crippen molar-refractivity contribution in [1.82, 2.24) is 14.5 Å². The third-order valence-corrected chi connectivity index (χ3v) is 5.02. The van der Waals surface area contributed by atoms with Crippen molar-refractivity contribution >= 4 is 11.6 Å². The van der Waals surface area contributed by atoms with E-state index >= 15 is 0 Å². The Labute approximate surface area is 140 Å². The summed E-state index contributed by atoms with van der Waals surface area (Å²) in [6, 6.07) is 3.87. The van der Waals surface area contributed by atoms with Gasteiger partial charge in [-0.3, -0.25) is 4.90 Å². The van der Waals surface area contributed by atoms with Crippen molar-refractivity contribution in [2.45, 2.75) is 25.3 Å². The summed E-state index contributed by atoms with van der Waals surface area (Å²) in [4.78, 5) is 6.97. The van der Waals surface area contributed by atoms with Crippen molar-refractivity contribution < 1.29 is 9.47 Å². The lowest BCUT2D eigenvalue weighted by molar-refractivity contribution is 0.173. The van der Waals surface area contributed by atoms with Crippen LogP contribution in [0.15, 0.2) is 24.5 Å². The Bertz CT molecular complexity index is 716. The van der Waals surface area contributed by atoms with Gasteiger partial charge in [0.1, 0.15) is 5.82 Å². The van der Waals surface area contributed by atoms with Gasteiger partial charge in [-0.05, 0) is 31.0 Å². The molecular weight excluding hydrogens is 314 g/mol. The molecule has 2 aliphatic rings. The number of nitrogens with zero attached hydrogens (tertiary/aromatic N) is 3. The number of hydrogen-bond acceptors (Lipinski definition) is 4. The Morgan fingerprint density at radius 1 is 1.30 bits per heavy atom. The predicted molar refractivity (Wildman–Crippen MR) is 88.0 cm³/mol. The monoisotopic (exact) mass is 333 g/mol. The fourth-order valence-corrected chi connectivity index (χ4v) is 3.72. The summed E-state index contributed by atoms with van der Waals surface area (Å²) in [6.07, 6.45) is 6.27. The Morgan fingerprint density at radius 2 is 2.13 bits per heavy atom. The summed E-state index contributed by atoms with van der Waals surface area (Å²) in [5.41, 5.74) is 1.09. The van der Waals surface area contributed by atoms with E-state index in [4.69, 9.17) is 21.1 Å². The van der Waals surface area contributed by atoms with Gasteiger partial charge in [0, 0.05) is 49.5 Å². The number of ether oxygens (including phenoxy) is 2. The molecule has 0 N–H and O–H groups in total. The van der Waals surface area contributed by atoms with Gasteiger partial charge in [0.05, 0.1) is 0 Å². The molecule has 6 heteroatoms. The van der Waals surface area contributed by atoms with Gasteiger partial charge in [0.2, 0.25) is 6.79 Å². The standard InChI is InChI=1S/C17H20ClN3O2/c1-20-6-4-19-17(20)12-3-2-5-21(9-12)10-13-7-15-16(8-14(13)18)23-11-22-15/h4,6-8,12H,2-3,5,9-11H2,1H3. The molecule has 2 aromatic rings. The number of imidazole rings is 1. The van der Waals surface area contributed by atoms with E-state index in [-0.39, 0.29) is 6.79 Å². The number of piperidine rings is 1. The van der Waals surface area contributed by atoms with Crippen LogP contribution in [0.2, 0.25) is 5.02 Å². The SMILES string of the molecule is Cn1ccnc1C1CCCN(Cc2cc3c(cc2Cl)OCO3)C1. The van der Waals surface area contributed by atoms with E-state index in [0.29, 0.717) is 5.92 Å². The highest BCUT2D eigenvalue weighted by Crippen LogP contribution is 2.37. The van der Waals surface area contributed by atoms with Crippen molar-refractivity contribution in [3.63, 3.8) is 0 Å². The Balaban J connectivity index is 1.50. The summed E-state index contributed by atoms with van der Waals surface area (Å²) >= 11 is 6.41.